The number of nitrogens with one attached hydrogen (secondary N) is 1. The number of halogens is 1. The van der Waals surface area contributed by atoms with Gasteiger partial charge in [0.2, 0.25) is 5.91 Å². The number of carbonyl (C=O) groups is 1. The van der Waals surface area contributed by atoms with Crippen molar-refractivity contribution in [2.45, 2.75) is 26.3 Å². The van der Waals surface area contributed by atoms with Crippen LogP contribution in [-0.2, 0) is 11.3 Å². The number of anilines is 1. The first kappa shape index (κ1) is 16.2. The second-order valence-electron chi connectivity index (χ2n) is 5.43. The average Bonchev–Trinajstić information content (AvgIpc) is 3.17. The lowest BCUT2D eigenvalue weighted by atomic mass is 10.2. The lowest BCUT2D eigenvalue weighted by Crippen LogP contribution is -2.21. The first-order chi connectivity index (χ1) is 11.5. The molecular weight excluding hydrogens is 331 g/mol. The van der Waals surface area contributed by atoms with E-state index in [0.29, 0.717) is 11.0 Å². The quantitative estimate of drug-likeness (QED) is 0.768. The molecule has 2 aromatic heterocycles. The van der Waals surface area contributed by atoms with Crippen LogP contribution in [0.2, 0.25) is 0 Å². The van der Waals surface area contributed by atoms with Crippen LogP contribution in [0.5, 0.6) is 0 Å². The number of hydrogen-bond donors (Lipinski definition) is 1. The molecule has 0 aliphatic carbocycles. The van der Waals surface area contributed by atoms with Gasteiger partial charge in [-0.1, -0.05) is 37.3 Å². The Labute approximate surface area is 141 Å². The summed E-state index contributed by atoms with van der Waals surface area (Å²) in [6.45, 7) is 3.93. The molecule has 7 nitrogen and oxygen atoms in total. The minimum Gasteiger partial charge on any atom is -0.300 e. The molecule has 0 aliphatic rings. The van der Waals surface area contributed by atoms with Gasteiger partial charge in [-0.25, -0.2) is 14.1 Å². The van der Waals surface area contributed by atoms with Gasteiger partial charge in [0.25, 0.3) is 0 Å². The molecule has 3 rings (SSSR count). The number of aromatic nitrogens is 5. The van der Waals surface area contributed by atoms with Crippen LogP contribution in [0.1, 0.15) is 25.6 Å². The molecule has 0 fully saturated rings. The smallest absolute Gasteiger partial charge is 0.248 e. The normalized spacial score (nSPS) is 11.0. The highest BCUT2D eigenvalue weighted by molar-refractivity contribution is 7.19. The molecule has 1 amide bonds. The summed E-state index contributed by atoms with van der Waals surface area (Å²) in [5.74, 6) is 0.220. The molecule has 0 saturated carbocycles. The summed E-state index contributed by atoms with van der Waals surface area (Å²) in [6.07, 6.45) is 1.64. The summed E-state index contributed by atoms with van der Waals surface area (Å²) in [7, 11) is 0. The van der Waals surface area contributed by atoms with Gasteiger partial charge in [-0.3, -0.25) is 4.79 Å². The minimum absolute atomic E-state index is 0.0198. The van der Waals surface area contributed by atoms with Crippen molar-refractivity contribution in [1.29, 1.82) is 0 Å². The van der Waals surface area contributed by atoms with Crippen LogP contribution >= 0.6 is 11.3 Å². The fourth-order valence-electron chi connectivity index (χ4n) is 2.11. The number of rotatable bonds is 5. The number of amides is 1. The molecule has 1 N–H and O–H groups in total. The van der Waals surface area contributed by atoms with Crippen molar-refractivity contribution >= 4 is 22.4 Å². The minimum atomic E-state index is -0.292. The van der Waals surface area contributed by atoms with E-state index in [-0.39, 0.29) is 24.2 Å². The van der Waals surface area contributed by atoms with Crippen molar-refractivity contribution in [3.05, 3.63) is 42.1 Å². The van der Waals surface area contributed by atoms with Gasteiger partial charge in [0.1, 0.15) is 12.4 Å². The van der Waals surface area contributed by atoms with Crippen molar-refractivity contribution in [3.8, 4) is 10.4 Å². The van der Waals surface area contributed by atoms with E-state index in [0.717, 1.165) is 10.4 Å². The van der Waals surface area contributed by atoms with Crippen LogP contribution in [0.25, 0.3) is 10.4 Å². The summed E-state index contributed by atoms with van der Waals surface area (Å²) >= 11 is 1.32. The topological polar surface area (TPSA) is 85.6 Å². The van der Waals surface area contributed by atoms with Gasteiger partial charge < -0.3 is 5.32 Å². The van der Waals surface area contributed by atoms with Crippen molar-refractivity contribution < 1.29 is 9.18 Å². The number of tetrazole rings is 1. The van der Waals surface area contributed by atoms with Crippen molar-refractivity contribution in [1.82, 2.24) is 25.2 Å². The fourth-order valence-corrected chi connectivity index (χ4v) is 2.95. The van der Waals surface area contributed by atoms with Crippen LogP contribution in [0, 0.1) is 5.82 Å². The van der Waals surface area contributed by atoms with E-state index in [1.54, 1.807) is 18.3 Å². The summed E-state index contributed by atoms with van der Waals surface area (Å²) in [4.78, 5) is 17.2. The molecule has 0 radical (unpaired) electrons. The Bertz CT molecular complexity index is 842. The van der Waals surface area contributed by atoms with Crippen molar-refractivity contribution in [2.75, 3.05) is 5.32 Å². The molecule has 0 spiro atoms. The molecular formula is C15H15FN6OS. The van der Waals surface area contributed by atoms with Crippen molar-refractivity contribution in [2.24, 2.45) is 0 Å². The van der Waals surface area contributed by atoms with Crippen molar-refractivity contribution in [3.63, 3.8) is 0 Å². The van der Waals surface area contributed by atoms with Gasteiger partial charge >= 0.3 is 0 Å². The molecule has 0 bridgehead atoms. The zero-order valence-electron chi connectivity index (χ0n) is 13.1. The van der Waals surface area contributed by atoms with Crippen LogP contribution in [0.3, 0.4) is 0 Å². The van der Waals surface area contributed by atoms with Gasteiger partial charge in [0, 0.05) is 12.1 Å². The van der Waals surface area contributed by atoms with E-state index in [1.165, 1.54) is 28.2 Å². The van der Waals surface area contributed by atoms with E-state index in [4.69, 9.17) is 0 Å². The van der Waals surface area contributed by atoms with Gasteiger partial charge in [-0.2, -0.15) is 0 Å². The Morgan fingerprint density at radius 3 is 2.79 bits per heavy atom. The van der Waals surface area contributed by atoms with Crippen LogP contribution in [0.4, 0.5) is 9.52 Å². The first-order valence-electron chi connectivity index (χ1n) is 7.30. The van der Waals surface area contributed by atoms with Gasteiger partial charge in [0.15, 0.2) is 11.0 Å². The lowest BCUT2D eigenvalue weighted by Gasteiger charge is -2.06. The SMILES string of the molecule is CC(C)c1nnnn1CC(=O)Nc1ncc(-c2ccc(F)cc2)s1. The van der Waals surface area contributed by atoms with E-state index in [2.05, 4.69) is 25.8 Å². The lowest BCUT2D eigenvalue weighted by molar-refractivity contribution is -0.117. The third-order valence-corrected chi connectivity index (χ3v) is 4.21. The first-order valence-corrected chi connectivity index (χ1v) is 8.12. The van der Waals surface area contributed by atoms with E-state index < -0.39 is 0 Å². The van der Waals surface area contributed by atoms with Crippen LogP contribution in [-0.4, -0.2) is 31.1 Å². The largest absolute Gasteiger partial charge is 0.300 e. The predicted octanol–water partition coefficient (Wildman–Crippen LogP) is 2.70. The van der Waals surface area contributed by atoms with E-state index >= 15 is 0 Å². The Balaban J connectivity index is 1.67. The second kappa shape index (κ2) is 6.83. The molecule has 2 heterocycles. The summed E-state index contributed by atoms with van der Waals surface area (Å²) in [6, 6.07) is 6.12. The highest BCUT2D eigenvalue weighted by Gasteiger charge is 2.14. The molecule has 24 heavy (non-hydrogen) atoms. The highest BCUT2D eigenvalue weighted by Crippen LogP contribution is 2.28. The zero-order valence-corrected chi connectivity index (χ0v) is 13.9. The standard InChI is InChI=1S/C15H15FN6OS/c1-9(2)14-19-20-21-22(14)8-13(23)18-15-17-7-12(24-15)10-3-5-11(16)6-4-10/h3-7,9H,8H2,1-2H3,(H,17,18,23). The average molecular weight is 346 g/mol. The maximum absolute atomic E-state index is 13.0. The molecule has 0 unspecified atom stereocenters. The highest BCUT2D eigenvalue weighted by atomic mass is 32.1. The predicted molar refractivity (Wildman–Crippen MR) is 88.0 cm³/mol. The third-order valence-electron chi connectivity index (χ3n) is 3.25. The third kappa shape index (κ3) is 3.62. The van der Waals surface area contributed by atoms with Gasteiger partial charge in [0.05, 0.1) is 4.88 Å². The fraction of sp³-hybridized carbons (Fsp3) is 0.267. The molecule has 1 aromatic carbocycles. The summed E-state index contributed by atoms with van der Waals surface area (Å²) in [5.41, 5.74) is 0.844. The number of thiazole rings is 1. The Hall–Kier alpha value is -2.68. The zero-order chi connectivity index (χ0) is 17.1. The molecule has 0 aliphatic heterocycles. The number of hydrogen-bond acceptors (Lipinski definition) is 6. The van der Waals surface area contributed by atoms with Gasteiger partial charge in [-0.15, -0.1) is 5.10 Å². The number of nitrogens with zero attached hydrogens (tertiary/aromatic N) is 5. The van der Waals surface area contributed by atoms with Gasteiger partial charge in [-0.05, 0) is 28.1 Å². The van der Waals surface area contributed by atoms with Crippen LogP contribution in [0.15, 0.2) is 30.5 Å². The molecule has 9 heteroatoms. The summed E-state index contributed by atoms with van der Waals surface area (Å²) < 4.78 is 14.4. The molecule has 124 valence electrons. The Morgan fingerprint density at radius 1 is 1.33 bits per heavy atom. The molecule has 0 saturated heterocycles. The second-order valence-corrected chi connectivity index (χ2v) is 6.46. The van der Waals surface area contributed by atoms with E-state index in [1.807, 2.05) is 13.8 Å². The molecule has 3 aromatic rings. The number of benzene rings is 1. The monoisotopic (exact) mass is 346 g/mol. The van der Waals surface area contributed by atoms with E-state index in [9.17, 15) is 9.18 Å². The Kier molecular flexibility index (Phi) is 4.61. The Morgan fingerprint density at radius 2 is 2.08 bits per heavy atom. The van der Waals surface area contributed by atoms with Crippen LogP contribution < -0.4 is 5.32 Å². The summed E-state index contributed by atoms with van der Waals surface area (Å²) in [5, 5.41) is 14.5. The maximum atomic E-state index is 13.0. The number of carbonyl (C=O) groups excluding carboxylic acids is 1. The maximum Gasteiger partial charge on any atom is 0.248 e. The molecule has 0 atom stereocenters.